The number of aryl methyl sites for hydroxylation is 1. The molecule has 3 rings (SSSR count). The Kier molecular flexibility index (Phi) is 4.12. The van der Waals surface area contributed by atoms with E-state index in [1.807, 2.05) is 32.0 Å². The van der Waals surface area contributed by atoms with Crippen molar-refractivity contribution in [3.8, 4) is 0 Å². The molecule has 0 fully saturated rings. The first-order chi connectivity index (χ1) is 10.5. The molecule has 0 unspecified atom stereocenters. The van der Waals surface area contributed by atoms with Crippen LogP contribution in [0.1, 0.15) is 11.9 Å². The number of nitrogens with zero attached hydrogens (tertiary/aromatic N) is 3. The van der Waals surface area contributed by atoms with Gasteiger partial charge in [-0.25, -0.2) is 0 Å². The van der Waals surface area contributed by atoms with Crippen molar-refractivity contribution in [3.05, 3.63) is 29.3 Å². The third-order valence-electron chi connectivity index (χ3n) is 3.17. The van der Waals surface area contributed by atoms with E-state index in [-0.39, 0.29) is 23.6 Å². The first-order valence-electron chi connectivity index (χ1n) is 6.71. The molecule has 1 aromatic carbocycles. The number of para-hydroxylation sites is 2. The number of amides is 2. The minimum atomic E-state index is -0.341. The molecule has 6 nitrogen and oxygen atoms in total. The molecular weight excluding hydrogens is 320 g/mol. The number of anilines is 2. The van der Waals surface area contributed by atoms with E-state index in [4.69, 9.17) is 0 Å². The molecule has 0 radical (unpaired) electrons. The zero-order valence-corrected chi connectivity index (χ0v) is 13.7. The number of hydrogen-bond donors (Lipinski definition) is 1. The van der Waals surface area contributed by atoms with Gasteiger partial charge in [0.2, 0.25) is 11.8 Å². The summed E-state index contributed by atoms with van der Waals surface area (Å²) in [7, 11) is 0. The van der Waals surface area contributed by atoms with Gasteiger partial charge in [-0.3, -0.25) is 14.5 Å². The fourth-order valence-electron chi connectivity index (χ4n) is 2.18. The molecule has 1 N–H and O–H groups in total. The number of carbonyl (C=O) groups excluding carboxylic acids is 2. The molecule has 0 aliphatic carbocycles. The van der Waals surface area contributed by atoms with Crippen LogP contribution in [0.2, 0.25) is 0 Å². The molecule has 2 heterocycles. The molecule has 8 heteroatoms. The summed E-state index contributed by atoms with van der Waals surface area (Å²) in [4.78, 5) is 26.0. The van der Waals surface area contributed by atoms with Crippen LogP contribution >= 0.6 is 23.1 Å². The van der Waals surface area contributed by atoms with Gasteiger partial charge in [0.05, 0.1) is 16.6 Å². The summed E-state index contributed by atoms with van der Waals surface area (Å²) in [6.07, 6.45) is 0. The van der Waals surface area contributed by atoms with E-state index in [9.17, 15) is 9.59 Å². The van der Waals surface area contributed by atoms with Gasteiger partial charge >= 0.3 is 0 Å². The van der Waals surface area contributed by atoms with E-state index in [2.05, 4.69) is 15.5 Å². The maximum Gasteiger partial charge on any atom is 0.244 e. The summed E-state index contributed by atoms with van der Waals surface area (Å²) in [6, 6.07) is 7.30. The lowest BCUT2D eigenvalue weighted by atomic mass is 10.2. The zero-order chi connectivity index (χ0) is 15.7. The van der Waals surface area contributed by atoms with Crippen molar-refractivity contribution in [3.63, 3.8) is 0 Å². The molecule has 0 saturated carbocycles. The quantitative estimate of drug-likeness (QED) is 0.872. The van der Waals surface area contributed by atoms with Crippen LogP contribution in [0.5, 0.6) is 0 Å². The number of aromatic nitrogens is 2. The van der Waals surface area contributed by atoms with Gasteiger partial charge < -0.3 is 5.32 Å². The van der Waals surface area contributed by atoms with E-state index < -0.39 is 0 Å². The number of hydrogen-bond acceptors (Lipinski definition) is 6. The maximum atomic E-state index is 12.7. The van der Waals surface area contributed by atoms with Crippen LogP contribution in [0.3, 0.4) is 0 Å². The summed E-state index contributed by atoms with van der Waals surface area (Å²) in [5.74, 6) is -0.295. The fraction of sp³-hybridized carbons (Fsp3) is 0.286. The van der Waals surface area contributed by atoms with Crippen LogP contribution < -0.4 is 10.2 Å². The van der Waals surface area contributed by atoms with Crippen molar-refractivity contribution in [2.24, 2.45) is 0 Å². The Bertz CT molecular complexity index is 731. The van der Waals surface area contributed by atoms with Crippen LogP contribution in [-0.4, -0.2) is 33.8 Å². The van der Waals surface area contributed by atoms with Gasteiger partial charge in [0.15, 0.2) is 4.34 Å². The highest BCUT2D eigenvalue weighted by molar-refractivity contribution is 8.02. The highest BCUT2D eigenvalue weighted by Gasteiger charge is 2.30. The molecule has 114 valence electrons. The van der Waals surface area contributed by atoms with Gasteiger partial charge in [-0.05, 0) is 26.0 Å². The summed E-state index contributed by atoms with van der Waals surface area (Å²) >= 11 is 2.82. The van der Waals surface area contributed by atoms with Gasteiger partial charge in [-0.2, -0.15) is 0 Å². The van der Waals surface area contributed by atoms with Crippen molar-refractivity contribution < 1.29 is 9.59 Å². The molecule has 1 aliphatic heterocycles. The van der Waals surface area contributed by atoms with Gasteiger partial charge in [-0.15, -0.1) is 10.2 Å². The predicted molar refractivity (Wildman–Crippen MR) is 87.4 cm³/mol. The minimum Gasteiger partial charge on any atom is -0.323 e. The van der Waals surface area contributed by atoms with Crippen LogP contribution in [0.15, 0.2) is 28.6 Å². The average Bonchev–Trinajstić information content (AvgIpc) is 2.90. The lowest BCUT2D eigenvalue weighted by Gasteiger charge is -2.30. The van der Waals surface area contributed by atoms with E-state index in [1.165, 1.54) is 28.0 Å². The third kappa shape index (κ3) is 2.97. The highest BCUT2D eigenvalue weighted by atomic mass is 32.2. The number of thioether (sulfide) groups is 1. The summed E-state index contributed by atoms with van der Waals surface area (Å²) in [5.41, 5.74) is 1.39. The summed E-state index contributed by atoms with van der Waals surface area (Å²) in [5, 5.41) is 11.3. The molecular formula is C14H14N4O2S2. The Balaban J connectivity index is 1.81. The first kappa shape index (κ1) is 15.0. The SMILES string of the molecule is Cc1nnc(S[C@@H](C)C(=O)N2CC(=O)Nc3ccccc32)s1. The van der Waals surface area contributed by atoms with Crippen LogP contribution in [0, 0.1) is 6.92 Å². The Morgan fingerprint density at radius 1 is 1.41 bits per heavy atom. The zero-order valence-electron chi connectivity index (χ0n) is 12.1. The van der Waals surface area contributed by atoms with E-state index in [0.29, 0.717) is 5.69 Å². The Hall–Kier alpha value is -1.93. The Labute approximate surface area is 135 Å². The Morgan fingerprint density at radius 2 is 2.18 bits per heavy atom. The second-order valence-electron chi connectivity index (χ2n) is 4.84. The Morgan fingerprint density at radius 3 is 2.91 bits per heavy atom. The number of rotatable bonds is 3. The van der Waals surface area contributed by atoms with Gasteiger partial charge in [0.1, 0.15) is 11.6 Å². The normalized spacial score (nSPS) is 15.2. The van der Waals surface area contributed by atoms with Crippen molar-refractivity contribution >= 4 is 46.3 Å². The molecule has 1 aliphatic rings. The molecule has 0 bridgehead atoms. The number of benzene rings is 1. The fourth-order valence-corrected chi connectivity index (χ4v) is 4.20. The van der Waals surface area contributed by atoms with Gasteiger partial charge in [0, 0.05) is 0 Å². The summed E-state index contributed by atoms with van der Waals surface area (Å²) in [6.45, 7) is 3.73. The maximum absolute atomic E-state index is 12.7. The van der Waals surface area contributed by atoms with Crippen LogP contribution in [-0.2, 0) is 9.59 Å². The van der Waals surface area contributed by atoms with Crippen LogP contribution in [0.25, 0.3) is 0 Å². The van der Waals surface area contributed by atoms with Crippen molar-refractivity contribution in [2.45, 2.75) is 23.4 Å². The molecule has 2 aromatic rings. The molecule has 22 heavy (non-hydrogen) atoms. The molecule has 0 spiro atoms. The molecule has 1 atom stereocenters. The average molecular weight is 334 g/mol. The lowest BCUT2D eigenvalue weighted by Crippen LogP contribution is -2.45. The molecule has 1 aromatic heterocycles. The summed E-state index contributed by atoms with van der Waals surface area (Å²) < 4.78 is 0.757. The molecule has 0 saturated heterocycles. The van der Waals surface area contributed by atoms with Crippen molar-refractivity contribution in [2.75, 3.05) is 16.8 Å². The topological polar surface area (TPSA) is 75.2 Å². The smallest absolute Gasteiger partial charge is 0.244 e. The second kappa shape index (κ2) is 6.05. The second-order valence-corrected chi connectivity index (χ2v) is 7.61. The van der Waals surface area contributed by atoms with Crippen molar-refractivity contribution in [1.82, 2.24) is 10.2 Å². The largest absolute Gasteiger partial charge is 0.323 e. The number of nitrogens with one attached hydrogen (secondary N) is 1. The predicted octanol–water partition coefficient (Wildman–Crippen LogP) is 2.31. The van der Waals surface area contributed by atoms with Gasteiger partial charge in [0.25, 0.3) is 0 Å². The first-order valence-corrected chi connectivity index (χ1v) is 8.41. The monoisotopic (exact) mass is 334 g/mol. The van der Waals surface area contributed by atoms with E-state index >= 15 is 0 Å². The van der Waals surface area contributed by atoms with Crippen LogP contribution in [0.4, 0.5) is 11.4 Å². The van der Waals surface area contributed by atoms with E-state index in [0.717, 1.165) is 15.0 Å². The van der Waals surface area contributed by atoms with Crippen molar-refractivity contribution in [1.29, 1.82) is 0 Å². The minimum absolute atomic E-state index is 0.0376. The number of carbonyl (C=O) groups is 2. The van der Waals surface area contributed by atoms with Gasteiger partial charge in [-0.1, -0.05) is 35.2 Å². The number of fused-ring (bicyclic) bond motifs is 1. The third-order valence-corrected chi connectivity index (χ3v) is 5.18. The highest BCUT2D eigenvalue weighted by Crippen LogP contribution is 2.32. The van der Waals surface area contributed by atoms with E-state index in [1.54, 1.807) is 6.07 Å². The molecule has 2 amide bonds. The standard InChI is InChI=1S/C14H14N4O2S2/c1-8(21-14-17-16-9(2)22-14)13(20)18-7-12(19)15-10-5-3-4-6-11(10)18/h3-6,8H,7H2,1-2H3,(H,15,19)/t8-/m0/s1. The lowest BCUT2D eigenvalue weighted by molar-refractivity contribution is -0.121.